The van der Waals surface area contributed by atoms with Crippen LogP contribution < -0.4 is 0 Å². The normalized spacial score (nSPS) is 11.3. The molecule has 8 heteroatoms. The number of hydrogen-bond acceptors (Lipinski definition) is 8. The van der Waals surface area contributed by atoms with Gasteiger partial charge in [-0.15, -0.1) is 10.2 Å². The average Bonchev–Trinajstić information content (AvgIpc) is 3.13. The van der Waals surface area contributed by atoms with Crippen molar-refractivity contribution in [3.8, 4) is 34.4 Å². The van der Waals surface area contributed by atoms with Crippen LogP contribution in [0.25, 0.3) is 34.4 Å². The number of aromatic nitrogens is 8. The number of hydrogen-bond donors (Lipinski definition) is 0. The van der Waals surface area contributed by atoms with E-state index in [0.29, 0.717) is 23.0 Å². The Kier molecular flexibility index (Phi) is 16.5. The van der Waals surface area contributed by atoms with Gasteiger partial charge < -0.3 is 0 Å². The molecule has 0 fully saturated rings. The first-order valence-electron chi connectivity index (χ1n) is 19.1. The van der Waals surface area contributed by atoms with Gasteiger partial charge in [-0.25, -0.2) is 19.9 Å². The van der Waals surface area contributed by atoms with Crippen molar-refractivity contribution >= 4 is 0 Å². The Morgan fingerprint density at radius 2 is 0.667 bits per heavy atom. The van der Waals surface area contributed by atoms with Gasteiger partial charge in [-0.05, 0) is 75.6 Å². The molecule has 0 aromatic carbocycles. The maximum atomic E-state index is 5.04. The Morgan fingerprint density at radius 1 is 0.333 bits per heavy atom. The van der Waals surface area contributed by atoms with Crippen LogP contribution in [0.5, 0.6) is 0 Å². The first kappa shape index (κ1) is 37.1. The van der Waals surface area contributed by atoms with Gasteiger partial charge in [0.05, 0.1) is 34.2 Å². The van der Waals surface area contributed by atoms with Crippen LogP contribution in [0.3, 0.4) is 0 Å². The first-order chi connectivity index (χ1) is 23.7. The van der Waals surface area contributed by atoms with E-state index in [2.05, 4.69) is 37.9 Å². The minimum Gasteiger partial charge on any atom is -0.243 e. The maximum Gasteiger partial charge on any atom is 0.200 e. The molecule has 0 aliphatic rings. The highest BCUT2D eigenvalue weighted by Crippen LogP contribution is 2.24. The molecule has 258 valence electrons. The second-order valence-corrected chi connectivity index (χ2v) is 13.1. The molecular formula is C40H58N8. The molecule has 0 amide bonds. The summed E-state index contributed by atoms with van der Waals surface area (Å²) < 4.78 is 0. The molecular weight excluding hydrogens is 592 g/mol. The van der Waals surface area contributed by atoms with Crippen molar-refractivity contribution in [2.75, 3.05) is 0 Å². The number of nitrogens with zero attached hydrogens (tertiary/aromatic N) is 8. The predicted molar refractivity (Wildman–Crippen MR) is 196 cm³/mol. The van der Waals surface area contributed by atoms with Gasteiger partial charge >= 0.3 is 0 Å². The fraction of sp³-hybridized carbons (Fsp3) is 0.600. The van der Waals surface area contributed by atoms with Crippen molar-refractivity contribution in [3.05, 3.63) is 59.2 Å². The van der Waals surface area contributed by atoms with Crippen LogP contribution >= 0.6 is 0 Å². The Balaban J connectivity index is 1.56. The molecule has 4 aromatic heterocycles. The molecule has 0 bridgehead atoms. The van der Waals surface area contributed by atoms with Gasteiger partial charge in [-0.2, -0.15) is 10.2 Å². The third-order valence-corrected chi connectivity index (χ3v) is 8.97. The Bertz CT molecular complexity index is 1390. The van der Waals surface area contributed by atoms with E-state index in [1.54, 1.807) is 0 Å². The molecule has 0 unspecified atom stereocenters. The van der Waals surface area contributed by atoms with Crippen molar-refractivity contribution in [1.82, 2.24) is 40.3 Å². The lowest BCUT2D eigenvalue weighted by Crippen LogP contribution is -2.08. The lowest BCUT2D eigenvalue weighted by molar-refractivity contribution is 0.629. The molecule has 0 N–H and O–H groups in total. The number of aryl methyl sites for hydroxylation is 4. The van der Waals surface area contributed by atoms with Crippen LogP contribution in [-0.4, -0.2) is 40.3 Å². The van der Waals surface area contributed by atoms with Crippen molar-refractivity contribution in [2.45, 2.75) is 156 Å². The second-order valence-electron chi connectivity index (χ2n) is 13.1. The van der Waals surface area contributed by atoms with E-state index in [1.807, 2.05) is 36.4 Å². The molecule has 8 nitrogen and oxygen atoms in total. The van der Waals surface area contributed by atoms with Crippen molar-refractivity contribution in [3.63, 3.8) is 0 Å². The molecule has 0 atom stereocenters. The molecule has 4 heterocycles. The largest absolute Gasteiger partial charge is 0.243 e. The van der Waals surface area contributed by atoms with E-state index in [1.165, 1.54) is 77.0 Å². The summed E-state index contributed by atoms with van der Waals surface area (Å²) in [6, 6.07) is 11.9. The lowest BCUT2D eigenvalue weighted by Gasteiger charge is -2.11. The number of pyridine rings is 2. The molecule has 0 spiro atoms. The van der Waals surface area contributed by atoms with E-state index >= 15 is 0 Å². The molecule has 0 saturated heterocycles. The smallest absolute Gasteiger partial charge is 0.200 e. The third-order valence-electron chi connectivity index (χ3n) is 8.97. The monoisotopic (exact) mass is 650 g/mol. The van der Waals surface area contributed by atoms with Crippen molar-refractivity contribution in [2.24, 2.45) is 0 Å². The summed E-state index contributed by atoms with van der Waals surface area (Å²) in [7, 11) is 0. The lowest BCUT2D eigenvalue weighted by atomic mass is 10.1. The van der Waals surface area contributed by atoms with E-state index in [4.69, 9.17) is 30.1 Å². The summed E-state index contributed by atoms with van der Waals surface area (Å²) >= 11 is 0. The van der Waals surface area contributed by atoms with Gasteiger partial charge in [-0.1, -0.05) is 117 Å². The highest BCUT2D eigenvalue weighted by atomic mass is 15.2. The predicted octanol–water partition coefficient (Wildman–Crippen LogP) is 10.3. The fourth-order valence-corrected chi connectivity index (χ4v) is 6.05. The molecule has 0 saturated carbocycles. The zero-order valence-electron chi connectivity index (χ0n) is 30.2. The number of rotatable bonds is 23. The standard InChI is InChI=1S/C40H58N8/c1-5-9-13-17-23-33-35(25-19-15-11-7-3)45-47-39(43-33)37-29-21-27-31(41-37)32-28-22-30-38(42-32)40-44-34(24-18-14-10-6-2)36(46-48-40)26-20-16-12-8-4/h21-22,27-30H,5-20,23-26H2,1-4H3. The van der Waals surface area contributed by atoms with Gasteiger partial charge in [0.1, 0.15) is 11.4 Å². The average molecular weight is 651 g/mol. The maximum absolute atomic E-state index is 5.04. The fourth-order valence-electron chi connectivity index (χ4n) is 6.05. The Hall–Kier alpha value is -3.68. The quantitative estimate of drug-likeness (QED) is 0.0731. The van der Waals surface area contributed by atoms with Gasteiger partial charge in [-0.3, -0.25) is 0 Å². The van der Waals surface area contributed by atoms with E-state index in [0.717, 1.165) is 85.5 Å². The van der Waals surface area contributed by atoms with Crippen molar-refractivity contribution < 1.29 is 0 Å². The van der Waals surface area contributed by atoms with Crippen LogP contribution in [-0.2, 0) is 25.7 Å². The number of unbranched alkanes of at least 4 members (excludes halogenated alkanes) is 12. The van der Waals surface area contributed by atoms with Gasteiger partial charge in [0.15, 0.2) is 0 Å². The van der Waals surface area contributed by atoms with Crippen LogP contribution in [0.1, 0.15) is 153 Å². The Labute approximate surface area is 289 Å². The van der Waals surface area contributed by atoms with Crippen LogP contribution in [0.4, 0.5) is 0 Å². The molecule has 0 aliphatic heterocycles. The first-order valence-corrected chi connectivity index (χ1v) is 19.1. The van der Waals surface area contributed by atoms with Gasteiger partial charge in [0.2, 0.25) is 11.6 Å². The highest BCUT2D eigenvalue weighted by Gasteiger charge is 2.15. The summed E-state index contributed by atoms with van der Waals surface area (Å²) in [6.07, 6.45) is 23.0. The topological polar surface area (TPSA) is 103 Å². The van der Waals surface area contributed by atoms with E-state index in [-0.39, 0.29) is 0 Å². The van der Waals surface area contributed by atoms with Crippen LogP contribution in [0.15, 0.2) is 36.4 Å². The third kappa shape index (κ3) is 11.8. The Morgan fingerprint density at radius 3 is 1.02 bits per heavy atom. The summed E-state index contributed by atoms with van der Waals surface area (Å²) in [5.74, 6) is 1.15. The minimum atomic E-state index is 0.575. The molecule has 0 radical (unpaired) electrons. The summed E-state index contributed by atoms with van der Waals surface area (Å²) in [4.78, 5) is 20.0. The minimum absolute atomic E-state index is 0.575. The van der Waals surface area contributed by atoms with E-state index < -0.39 is 0 Å². The van der Waals surface area contributed by atoms with E-state index in [9.17, 15) is 0 Å². The van der Waals surface area contributed by atoms with Gasteiger partial charge in [0, 0.05) is 0 Å². The highest BCUT2D eigenvalue weighted by molar-refractivity contribution is 5.62. The molecule has 48 heavy (non-hydrogen) atoms. The second kappa shape index (κ2) is 21.3. The van der Waals surface area contributed by atoms with Gasteiger partial charge in [0.25, 0.3) is 0 Å². The summed E-state index contributed by atoms with van der Waals surface area (Å²) in [5.41, 5.74) is 7.16. The SMILES string of the molecule is CCCCCCc1nnc(-c2cccc(-c3cccc(-c4nnc(CCCCCC)c(CCCCCC)n4)n3)n2)nc1CCCCCC. The summed E-state index contributed by atoms with van der Waals surface area (Å²) in [5, 5.41) is 18.5. The van der Waals surface area contributed by atoms with Crippen LogP contribution in [0, 0.1) is 0 Å². The molecule has 0 aliphatic carbocycles. The van der Waals surface area contributed by atoms with Crippen LogP contribution in [0.2, 0.25) is 0 Å². The van der Waals surface area contributed by atoms with Crippen molar-refractivity contribution in [1.29, 1.82) is 0 Å². The summed E-state index contributed by atoms with van der Waals surface area (Å²) in [6.45, 7) is 8.98. The molecule has 4 rings (SSSR count). The molecule has 4 aromatic rings. The zero-order chi connectivity index (χ0) is 33.8. The zero-order valence-corrected chi connectivity index (χ0v) is 30.2.